The Balaban J connectivity index is 2.28. The number of piperazine rings is 1. The number of anilines is 2. The summed E-state index contributed by atoms with van der Waals surface area (Å²) in [5, 5.41) is 0. The van der Waals surface area contributed by atoms with Crippen molar-refractivity contribution in [2.24, 2.45) is 0 Å². The quantitative estimate of drug-likeness (QED) is 0.845. The van der Waals surface area contributed by atoms with Gasteiger partial charge in [-0.2, -0.15) is 0 Å². The Hall–Kier alpha value is -1.85. The number of nitrogens with two attached hydrogens (primary N) is 1. The highest BCUT2D eigenvalue weighted by Gasteiger charge is 2.25. The van der Waals surface area contributed by atoms with Crippen LogP contribution in [0.15, 0.2) is 0 Å². The third kappa shape index (κ3) is 3.25. The molecule has 0 unspecified atom stereocenters. The fourth-order valence-electron chi connectivity index (χ4n) is 2.40. The molecule has 2 heterocycles. The molecule has 0 aromatic carbocycles. The lowest BCUT2D eigenvalue weighted by atomic mass is 9.95. The molecule has 1 fully saturated rings. The lowest BCUT2D eigenvalue weighted by Crippen LogP contribution is -2.48. The SMILES string of the molecule is CC(=O)N1CCN(c2nc(C(C)(C)C)nc(N)c2C)CC1. The summed E-state index contributed by atoms with van der Waals surface area (Å²) < 4.78 is 0. The van der Waals surface area contributed by atoms with Crippen molar-refractivity contribution in [3.05, 3.63) is 11.4 Å². The minimum atomic E-state index is -0.141. The highest BCUT2D eigenvalue weighted by Crippen LogP contribution is 2.27. The van der Waals surface area contributed by atoms with Crippen molar-refractivity contribution >= 4 is 17.5 Å². The van der Waals surface area contributed by atoms with Gasteiger partial charge in [0, 0.05) is 44.1 Å². The fraction of sp³-hybridized carbons (Fsp3) is 0.667. The highest BCUT2D eigenvalue weighted by molar-refractivity contribution is 5.73. The minimum absolute atomic E-state index is 0.129. The largest absolute Gasteiger partial charge is 0.383 e. The molecule has 0 saturated carbocycles. The van der Waals surface area contributed by atoms with E-state index in [1.165, 1.54) is 0 Å². The van der Waals surface area contributed by atoms with Crippen LogP contribution in [0.3, 0.4) is 0 Å². The van der Waals surface area contributed by atoms with Crippen molar-refractivity contribution in [2.75, 3.05) is 36.8 Å². The number of nitrogen functional groups attached to an aromatic ring is 1. The lowest BCUT2D eigenvalue weighted by Gasteiger charge is -2.36. The molecule has 21 heavy (non-hydrogen) atoms. The molecule has 0 spiro atoms. The van der Waals surface area contributed by atoms with Gasteiger partial charge in [-0.15, -0.1) is 0 Å². The van der Waals surface area contributed by atoms with E-state index >= 15 is 0 Å². The second-order valence-electron chi connectivity index (χ2n) is 6.62. The molecule has 6 heteroatoms. The van der Waals surface area contributed by atoms with E-state index in [0.717, 1.165) is 43.4 Å². The lowest BCUT2D eigenvalue weighted by molar-refractivity contribution is -0.129. The van der Waals surface area contributed by atoms with E-state index in [1.54, 1.807) is 6.92 Å². The Labute approximate surface area is 126 Å². The average molecular weight is 291 g/mol. The summed E-state index contributed by atoms with van der Waals surface area (Å²) in [4.78, 5) is 24.6. The van der Waals surface area contributed by atoms with Crippen molar-refractivity contribution in [3.63, 3.8) is 0 Å². The number of amides is 1. The van der Waals surface area contributed by atoms with Crippen molar-refractivity contribution in [1.82, 2.24) is 14.9 Å². The smallest absolute Gasteiger partial charge is 0.219 e. The fourth-order valence-corrected chi connectivity index (χ4v) is 2.40. The number of hydrogen-bond acceptors (Lipinski definition) is 5. The standard InChI is InChI=1S/C15H25N5O/c1-10-12(16)17-14(15(3,4)5)18-13(10)20-8-6-19(7-9-20)11(2)21/h6-9H2,1-5H3,(H2,16,17,18). The van der Waals surface area contributed by atoms with E-state index in [2.05, 4.69) is 30.7 Å². The van der Waals surface area contributed by atoms with Gasteiger partial charge in [0.05, 0.1) is 0 Å². The number of carbonyl (C=O) groups is 1. The molecular formula is C15H25N5O. The van der Waals surface area contributed by atoms with Gasteiger partial charge < -0.3 is 15.5 Å². The van der Waals surface area contributed by atoms with Crippen molar-refractivity contribution < 1.29 is 4.79 Å². The summed E-state index contributed by atoms with van der Waals surface area (Å²) in [6.45, 7) is 12.8. The van der Waals surface area contributed by atoms with Crippen LogP contribution in [0, 0.1) is 6.92 Å². The molecule has 1 aromatic heterocycles. The van der Waals surface area contributed by atoms with Crippen molar-refractivity contribution in [1.29, 1.82) is 0 Å². The van der Waals surface area contributed by atoms with Gasteiger partial charge in [-0.05, 0) is 6.92 Å². The summed E-state index contributed by atoms with van der Waals surface area (Å²) in [7, 11) is 0. The first-order valence-corrected chi connectivity index (χ1v) is 7.35. The second-order valence-corrected chi connectivity index (χ2v) is 6.62. The number of aromatic nitrogens is 2. The average Bonchev–Trinajstić information content (AvgIpc) is 2.40. The Morgan fingerprint density at radius 3 is 2.19 bits per heavy atom. The van der Waals surface area contributed by atoms with Gasteiger partial charge in [-0.1, -0.05) is 20.8 Å². The molecule has 2 N–H and O–H groups in total. The van der Waals surface area contributed by atoms with Gasteiger partial charge in [-0.25, -0.2) is 9.97 Å². The van der Waals surface area contributed by atoms with Gasteiger partial charge in [-0.3, -0.25) is 4.79 Å². The molecule has 1 saturated heterocycles. The monoisotopic (exact) mass is 291 g/mol. The van der Waals surface area contributed by atoms with E-state index in [4.69, 9.17) is 10.7 Å². The molecule has 6 nitrogen and oxygen atoms in total. The zero-order valence-electron chi connectivity index (χ0n) is 13.6. The third-order valence-corrected chi connectivity index (χ3v) is 3.85. The maximum absolute atomic E-state index is 11.4. The number of nitrogens with zero attached hydrogens (tertiary/aromatic N) is 4. The van der Waals surface area contributed by atoms with Gasteiger partial charge >= 0.3 is 0 Å². The van der Waals surface area contributed by atoms with Crippen LogP contribution in [0.2, 0.25) is 0 Å². The summed E-state index contributed by atoms with van der Waals surface area (Å²) in [6, 6.07) is 0. The van der Waals surface area contributed by atoms with Gasteiger partial charge in [0.15, 0.2) is 0 Å². The van der Waals surface area contributed by atoms with Crippen LogP contribution in [0.1, 0.15) is 39.1 Å². The topological polar surface area (TPSA) is 75.4 Å². The maximum atomic E-state index is 11.4. The minimum Gasteiger partial charge on any atom is -0.383 e. The summed E-state index contributed by atoms with van der Waals surface area (Å²) in [5.74, 6) is 2.33. The van der Waals surface area contributed by atoms with E-state index in [9.17, 15) is 4.79 Å². The van der Waals surface area contributed by atoms with Crippen LogP contribution in [0.25, 0.3) is 0 Å². The molecule has 0 radical (unpaired) electrons. The van der Waals surface area contributed by atoms with Crippen molar-refractivity contribution in [2.45, 2.75) is 40.0 Å². The predicted octanol–water partition coefficient (Wildman–Crippen LogP) is 1.33. The molecule has 2 rings (SSSR count). The molecule has 0 bridgehead atoms. The first-order valence-electron chi connectivity index (χ1n) is 7.35. The Morgan fingerprint density at radius 2 is 1.71 bits per heavy atom. The molecular weight excluding hydrogens is 266 g/mol. The first-order chi connectivity index (χ1) is 9.70. The third-order valence-electron chi connectivity index (χ3n) is 3.85. The van der Waals surface area contributed by atoms with Crippen LogP contribution in [-0.2, 0) is 10.2 Å². The van der Waals surface area contributed by atoms with E-state index in [0.29, 0.717) is 5.82 Å². The predicted molar refractivity (Wildman–Crippen MR) is 84.3 cm³/mol. The molecule has 0 aliphatic carbocycles. The highest BCUT2D eigenvalue weighted by atomic mass is 16.2. The molecule has 116 valence electrons. The van der Waals surface area contributed by atoms with Crippen LogP contribution >= 0.6 is 0 Å². The summed E-state index contributed by atoms with van der Waals surface area (Å²) >= 11 is 0. The van der Waals surface area contributed by atoms with Crippen LogP contribution in [0.5, 0.6) is 0 Å². The van der Waals surface area contributed by atoms with Crippen LogP contribution in [0.4, 0.5) is 11.6 Å². The van der Waals surface area contributed by atoms with E-state index in [1.807, 2.05) is 11.8 Å². The van der Waals surface area contributed by atoms with Gasteiger partial charge in [0.1, 0.15) is 17.5 Å². The Morgan fingerprint density at radius 1 is 1.14 bits per heavy atom. The molecule has 1 aliphatic rings. The number of rotatable bonds is 1. The maximum Gasteiger partial charge on any atom is 0.219 e. The Bertz CT molecular complexity index is 542. The summed E-state index contributed by atoms with van der Waals surface area (Å²) in [6.07, 6.45) is 0. The Kier molecular flexibility index (Phi) is 4.07. The van der Waals surface area contributed by atoms with Gasteiger partial charge in [0.25, 0.3) is 0 Å². The van der Waals surface area contributed by atoms with Gasteiger partial charge in [0.2, 0.25) is 5.91 Å². The van der Waals surface area contributed by atoms with Crippen LogP contribution < -0.4 is 10.6 Å². The molecule has 1 aliphatic heterocycles. The van der Waals surface area contributed by atoms with Crippen LogP contribution in [-0.4, -0.2) is 47.0 Å². The molecule has 1 aromatic rings. The van der Waals surface area contributed by atoms with E-state index in [-0.39, 0.29) is 11.3 Å². The normalized spacial score (nSPS) is 16.2. The number of hydrogen-bond donors (Lipinski definition) is 1. The number of carbonyl (C=O) groups excluding carboxylic acids is 1. The van der Waals surface area contributed by atoms with E-state index < -0.39 is 0 Å². The van der Waals surface area contributed by atoms with Crippen molar-refractivity contribution in [3.8, 4) is 0 Å². The second kappa shape index (κ2) is 5.50. The zero-order chi connectivity index (χ0) is 15.8. The first kappa shape index (κ1) is 15.5. The molecule has 0 atom stereocenters. The molecule has 1 amide bonds. The zero-order valence-corrected chi connectivity index (χ0v) is 13.6. The summed E-state index contributed by atoms with van der Waals surface area (Å²) in [5.41, 5.74) is 6.83.